The molecule has 0 atom stereocenters. The highest BCUT2D eigenvalue weighted by Gasteiger charge is 2.23. The summed E-state index contributed by atoms with van der Waals surface area (Å²) < 4.78 is 16.4. The van der Waals surface area contributed by atoms with Crippen LogP contribution in [0.15, 0.2) is 128 Å². The molecule has 0 saturated carbocycles. The van der Waals surface area contributed by atoms with E-state index in [0.29, 0.717) is 0 Å². The summed E-state index contributed by atoms with van der Waals surface area (Å²) in [6.45, 7) is 2.01. The summed E-state index contributed by atoms with van der Waals surface area (Å²) in [4.78, 5) is 7.40. The number of hydrogen-bond acceptors (Lipinski definition) is 4. The average Bonchev–Trinajstić information content (AvgIpc) is 3.74. The fourth-order valence-electron chi connectivity index (χ4n) is 5.60. The summed E-state index contributed by atoms with van der Waals surface area (Å²) in [6.07, 6.45) is 8.17. The molecule has 2 aliphatic rings. The zero-order valence-electron chi connectivity index (χ0n) is 24.1. The predicted molar refractivity (Wildman–Crippen MR) is 170 cm³/mol. The van der Waals surface area contributed by atoms with E-state index in [-0.39, 0.29) is 0 Å². The van der Waals surface area contributed by atoms with Gasteiger partial charge in [-0.25, -0.2) is 0 Å². The Kier molecular flexibility index (Phi) is 7.26. The lowest BCUT2D eigenvalue weighted by Gasteiger charge is -2.25. The molecule has 1 fully saturated rings. The number of para-hydroxylation sites is 1. The topological polar surface area (TPSA) is 40.6 Å². The van der Waals surface area contributed by atoms with Gasteiger partial charge in [-0.2, -0.15) is 0 Å². The number of benzene rings is 4. The predicted octanol–water partition coefficient (Wildman–Crippen LogP) is 8.55. The van der Waals surface area contributed by atoms with Gasteiger partial charge in [-0.1, -0.05) is 57.7 Å². The third-order valence-electron chi connectivity index (χ3n) is 7.61. The lowest BCUT2D eigenvalue weighted by Crippen LogP contribution is -2.20. The van der Waals surface area contributed by atoms with Crippen LogP contribution in [-0.2, 0) is 0 Å². The number of rotatable bonds is 8. The zero-order chi connectivity index (χ0) is 29.0. The van der Waals surface area contributed by atoms with Crippen LogP contribution >= 0.6 is 0 Å². The van der Waals surface area contributed by atoms with E-state index in [9.17, 15) is 0 Å². The van der Waals surface area contributed by atoms with Gasteiger partial charge in [0.25, 0.3) is 6.20 Å². The van der Waals surface area contributed by atoms with Crippen molar-refractivity contribution in [1.29, 1.82) is 0 Å². The van der Waals surface area contributed by atoms with E-state index in [0.717, 1.165) is 69.8 Å². The molecule has 0 spiro atoms. The molecule has 5 aromatic rings. The summed E-state index contributed by atoms with van der Waals surface area (Å²) >= 11 is 0. The quantitative estimate of drug-likeness (QED) is 0.177. The van der Waals surface area contributed by atoms with Gasteiger partial charge < -0.3 is 14.4 Å². The van der Waals surface area contributed by atoms with Crippen LogP contribution in [-0.4, -0.2) is 40.3 Å². The summed E-state index contributed by atoms with van der Waals surface area (Å²) in [5.74, 6) is 3.14. The van der Waals surface area contributed by atoms with Crippen molar-refractivity contribution in [3.05, 3.63) is 128 Å². The number of anilines is 1. The molecule has 0 amide bonds. The summed E-state index contributed by atoms with van der Waals surface area (Å²) in [5.41, 5.74) is 6.33. The number of aromatic nitrogens is 1. The summed E-state index contributed by atoms with van der Waals surface area (Å²) in [7, 11) is 1.96. The van der Waals surface area contributed by atoms with Crippen LogP contribution in [0.5, 0.6) is 23.0 Å². The van der Waals surface area contributed by atoms with E-state index in [1.54, 1.807) is 0 Å². The number of ether oxygens (including phenoxy) is 2. The van der Waals surface area contributed by atoms with E-state index < -0.39 is 0 Å². The fourth-order valence-corrected chi connectivity index (χ4v) is 5.60. The Hall–Kier alpha value is -5.45. The van der Waals surface area contributed by atoms with Crippen molar-refractivity contribution in [3.63, 3.8) is 0 Å². The SMILES string of the molecule is C[N+]1=C=[N+](c2cccc(Oc3cccc(-c4nccc(-c5cccc(Oc6ccccc6)c5)c4N4CCCC4)c3)c2)C=C1. The molecular formula is C37H32N4O2+2. The molecule has 6 heteroatoms. The number of nitrogens with zero attached hydrogens (tertiary/aromatic N) is 4. The molecule has 0 aliphatic carbocycles. The standard InChI is InChI=1S/C37H32N4O2/c1-39-22-23-41(27-39)30-12-9-17-34(26-30)43-33-16-8-11-29(25-33)36-37(40-20-5-6-21-40)35(18-19-38-36)28-10-7-15-32(24-28)42-31-13-3-2-4-14-31/h2-4,7-19,22-26H,5-6,20-21H2,1H3/q+2. The Morgan fingerprint density at radius 1 is 0.674 bits per heavy atom. The van der Waals surface area contributed by atoms with E-state index in [1.165, 1.54) is 12.8 Å². The monoisotopic (exact) mass is 564 g/mol. The van der Waals surface area contributed by atoms with E-state index >= 15 is 0 Å². The molecule has 0 bridgehead atoms. The minimum Gasteiger partial charge on any atom is -0.457 e. The van der Waals surface area contributed by atoms with Crippen LogP contribution in [0.25, 0.3) is 22.4 Å². The second-order valence-electron chi connectivity index (χ2n) is 10.7. The van der Waals surface area contributed by atoms with Crippen LogP contribution in [0.4, 0.5) is 11.4 Å². The maximum atomic E-state index is 6.37. The minimum absolute atomic E-state index is 0.759. The first kappa shape index (κ1) is 26.4. The van der Waals surface area contributed by atoms with E-state index in [2.05, 4.69) is 47.3 Å². The summed E-state index contributed by atoms with van der Waals surface area (Å²) in [5, 5.41) is 0. The molecule has 0 radical (unpaired) electrons. The molecule has 6 nitrogen and oxygen atoms in total. The Morgan fingerprint density at radius 2 is 1.33 bits per heavy atom. The molecule has 1 saturated heterocycles. The van der Waals surface area contributed by atoms with Gasteiger partial charge in [0, 0.05) is 36.5 Å². The first-order chi connectivity index (χ1) is 21.2. The highest BCUT2D eigenvalue weighted by Crippen LogP contribution is 2.41. The van der Waals surface area contributed by atoms with Crippen LogP contribution < -0.4 is 14.4 Å². The molecule has 210 valence electrons. The first-order valence-corrected chi connectivity index (χ1v) is 14.6. The normalized spacial score (nSPS) is 14.0. The lowest BCUT2D eigenvalue weighted by molar-refractivity contribution is -0.429. The minimum atomic E-state index is 0.759. The van der Waals surface area contributed by atoms with Gasteiger partial charge in [-0.3, -0.25) is 4.98 Å². The van der Waals surface area contributed by atoms with Crippen molar-refractivity contribution in [3.8, 4) is 45.4 Å². The molecule has 1 aromatic heterocycles. The highest BCUT2D eigenvalue weighted by molar-refractivity contribution is 5.89. The third-order valence-corrected chi connectivity index (χ3v) is 7.61. The lowest BCUT2D eigenvalue weighted by atomic mass is 9.99. The van der Waals surface area contributed by atoms with E-state index in [1.807, 2.05) is 108 Å². The second-order valence-corrected chi connectivity index (χ2v) is 10.7. The van der Waals surface area contributed by atoms with Crippen LogP contribution in [0, 0.1) is 0 Å². The number of hydrogen-bond donors (Lipinski definition) is 0. The van der Waals surface area contributed by atoms with Crippen molar-refractivity contribution in [2.75, 3.05) is 25.0 Å². The van der Waals surface area contributed by atoms with Gasteiger partial charge >= 0.3 is 6.01 Å². The van der Waals surface area contributed by atoms with Crippen molar-refractivity contribution in [1.82, 2.24) is 4.98 Å². The maximum absolute atomic E-state index is 6.37. The van der Waals surface area contributed by atoms with Crippen LogP contribution in [0.3, 0.4) is 0 Å². The molecular weight excluding hydrogens is 532 g/mol. The van der Waals surface area contributed by atoms with Gasteiger partial charge in [-0.05, 0) is 66.9 Å². The average molecular weight is 565 g/mol. The van der Waals surface area contributed by atoms with Crippen molar-refractivity contribution in [2.24, 2.45) is 0 Å². The van der Waals surface area contributed by atoms with Crippen molar-refractivity contribution in [2.45, 2.75) is 12.8 Å². The molecule has 7 rings (SSSR count). The Bertz CT molecular complexity index is 1880. The molecule has 4 aromatic carbocycles. The fraction of sp³-hybridized carbons (Fsp3) is 0.135. The van der Waals surface area contributed by atoms with Gasteiger partial charge in [0.1, 0.15) is 23.0 Å². The zero-order valence-corrected chi connectivity index (χ0v) is 24.1. The second kappa shape index (κ2) is 11.8. The van der Waals surface area contributed by atoms with Gasteiger partial charge in [0.2, 0.25) is 11.9 Å². The highest BCUT2D eigenvalue weighted by atomic mass is 16.5. The number of pyridine rings is 1. The molecule has 43 heavy (non-hydrogen) atoms. The Balaban J connectivity index is 1.24. The maximum Gasteiger partial charge on any atom is 0.495 e. The van der Waals surface area contributed by atoms with Crippen LogP contribution in [0.1, 0.15) is 12.8 Å². The van der Waals surface area contributed by atoms with Gasteiger partial charge in [0.05, 0.1) is 17.4 Å². The summed E-state index contributed by atoms with van der Waals surface area (Å²) in [6, 6.07) is 39.8. The largest absolute Gasteiger partial charge is 0.495 e. The van der Waals surface area contributed by atoms with Crippen molar-refractivity contribution < 1.29 is 18.6 Å². The van der Waals surface area contributed by atoms with Crippen molar-refractivity contribution >= 4 is 17.4 Å². The first-order valence-electron chi connectivity index (χ1n) is 14.6. The van der Waals surface area contributed by atoms with E-state index in [4.69, 9.17) is 14.5 Å². The third kappa shape index (κ3) is 5.82. The smallest absolute Gasteiger partial charge is 0.457 e. The molecule has 0 unspecified atom stereocenters. The van der Waals surface area contributed by atoms with Gasteiger partial charge in [0.15, 0.2) is 7.05 Å². The Morgan fingerprint density at radius 3 is 2.07 bits per heavy atom. The molecule has 3 heterocycles. The van der Waals surface area contributed by atoms with Crippen LogP contribution in [0.2, 0.25) is 0 Å². The molecule has 2 aliphatic heterocycles. The Labute approximate surface area is 251 Å². The molecule has 0 N–H and O–H groups in total. The van der Waals surface area contributed by atoms with Gasteiger partial charge in [-0.15, -0.1) is 0 Å².